The summed E-state index contributed by atoms with van der Waals surface area (Å²) in [5, 5.41) is 0. The molecule has 0 heterocycles. The van der Waals surface area contributed by atoms with Crippen LogP contribution in [0.2, 0.25) is 0 Å². The Morgan fingerprint density at radius 3 is 1.55 bits per heavy atom. The van der Waals surface area contributed by atoms with E-state index in [0.29, 0.717) is 0 Å². The van der Waals surface area contributed by atoms with Gasteiger partial charge in [0.05, 0.1) is 5.54 Å². The molecule has 11 heavy (non-hydrogen) atoms. The molecule has 0 N–H and O–H groups in total. The Kier molecular flexibility index (Phi) is 7.46. The Morgan fingerprint density at radius 1 is 1.09 bits per heavy atom. The van der Waals surface area contributed by atoms with Gasteiger partial charge in [0.1, 0.15) is 0 Å². The minimum absolute atomic E-state index is 0.0226. The average Bonchev–Trinajstić information content (AvgIpc) is 1.92. The van der Waals surface area contributed by atoms with Crippen LogP contribution in [0.3, 0.4) is 0 Å². The molecule has 0 aromatic rings. The van der Waals surface area contributed by atoms with Gasteiger partial charge in [0.15, 0.2) is 0 Å². The standard InChI is InChI=1S/C8H15N.C2H6/c1-6-7-8(2,3)9(4)5;1-2/h1-5H3;1-2H3. The molecule has 0 rings (SSSR count). The lowest BCUT2D eigenvalue weighted by molar-refractivity contribution is 0.263. The second kappa shape index (κ2) is 6.24. The summed E-state index contributed by atoms with van der Waals surface area (Å²) in [6, 6.07) is 0. The van der Waals surface area contributed by atoms with E-state index in [1.165, 1.54) is 0 Å². The van der Waals surface area contributed by atoms with Crippen LogP contribution < -0.4 is 0 Å². The van der Waals surface area contributed by atoms with Gasteiger partial charge in [0, 0.05) is 0 Å². The normalized spacial score (nSPS) is 9.45. The predicted octanol–water partition coefficient (Wildman–Crippen LogP) is 2.38. The van der Waals surface area contributed by atoms with Gasteiger partial charge in [0.2, 0.25) is 0 Å². The molecule has 0 saturated heterocycles. The lowest BCUT2D eigenvalue weighted by Crippen LogP contribution is -2.36. The number of hydrogen-bond acceptors (Lipinski definition) is 1. The quantitative estimate of drug-likeness (QED) is 0.525. The van der Waals surface area contributed by atoms with Gasteiger partial charge in [-0.2, -0.15) is 0 Å². The molecule has 0 aliphatic carbocycles. The summed E-state index contributed by atoms with van der Waals surface area (Å²) >= 11 is 0. The molecule has 0 aliphatic heterocycles. The first-order valence-corrected chi connectivity index (χ1v) is 4.12. The van der Waals surface area contributed by atoms with Gasteiger partial charge < -0.3 is 0 Å². The zero-order chi connectivity index (χ0) is 9.49. The van der Waals surface area contributed by atoms with Crippen LogP contribution in [0, 0.1) is 11.8 Å². The van der Waals surface area contributed by atoms with Gasteiger partial charge in [-0.25, -0.2) is 0 Å². The van der Waals surface area contributed by atoms with E-state index in [-0.39, 0.29) is 5.54 Å². The van der Waals surface area contributed by atoms with Gasteiger partial charge >= 0.3 is 0 Å². The Balaban J connectivity index is 0. The van der Waals surface area contributed by atoms with Crippen molar-refractivity contribution in [2.75, 3.05) is 14.1 Å². The summed E-state index contributed by atoms with van der Waals surface area (Å²) in [6.07, 6.45) is 0. The van der Waals surface area contributed by atoms with Gasteiger partial charge in [-0.15, -0.1) is 5.92 Å². The second-order valence-corrected chi connectivity index (χ2v) is 2.83. The predicted molar refractivity (Wildman–Crippen MR) is 52.6 cm³/mol. The summed E-state index contributed by atoms with van der Waals surface area (Å²) in [6.45, 7) is 10.1. The maximum atomic E-state index is 3.10. The van der Waals surface area contributed by atoms with Crippen LogP contribution in [0.4, 0.5) is 0 Å². The fraction of sp³-hybridized carbons (Fsp3) is 0.800. The number of hydrogen-bond donors (Lipinski definition) is 0. The van der Waals surface area contributed by atoms with E-state index in [4.69, 9.17) is 0 Å². The highest BCUT2D eigenvalue weighted by molar-refractivity contribution is 5.12. The van der Waals surface area contributed by atoms with Crippen molar-refractivity contribution >= 4 is 0 Å². The van der Waals surface area contributed by atoms with E-state index in [0.717, 1.165) is 0 Å². The van der Waals surface area contributed by atoms with Crippen LogP contribution in [-0.4, -0.2) is 24.5 Å². The molecule has 0 atom stereocenters. The molecule has 1 heteroatoms. The van der Waals surface area contributed by atoms with Crippen LogP contribution in [0.5, 0.6) is 0 Å². The zero-order valence-electron chi connectivity index (χ0n) is 8.95. The molecule has 0 fully saturated rings. The van der Waals surface area contributed by atoms with E-state index >= 15 is 0 Å². The zero-order valence-corrected chi connectivity index (χ0v) is 8.95. The molecular weight excluding hydrogens is 134 g/mol. The summed E-state index contributed by atoms with van der Waals surface area (Å²) < 4.78 is 0. The topological polar surface area (TPSA) is 3.24 Å². The summed E-state index contributed by atoms with van der Waals surface area (Å²) in [7, 11) is 4.06. The molecule has 0 unspecified atom stereocenters. The molecule has 0 aliphatic rings. The van der Waals surface area contributed by atoms with Gasteiger partial charge in [-0.05, 0) is 34.9 Å². The lowest BCUT2D eigenvalue weighted by Gasteiger charge is -2.26. The van der Waals surface area contributed by atoms with Gasteiger partial charge in [0.25, 0.3) is 0 Å². The van der Waals surface area contributed by atoms with Gasteiger partial charge in [-0.3, -0.25) is 4.90 Å². The third-order valence-electron chi connectivity index (χ3n) is 1.55. The Morgan fingerprint density at radius 2 is 1.45 bits per heavy atom. The van der Waals surface area contributed by atoms with Crippen LogP contribution in [0.1, 0.15) is 34.6 Å². The fourth-order valence-electron chi connectivity index (χ4n) is 0.418. The first-order chi connectivity index (χ1) is 5.00. The molecule has 66 valence electrons. The van der Waals surface area contributed by atoms with E-state index in [2.05, 4.69) is 30.6 Å². The molecule has 0 amide bonds. The maximum Gasteiger partial charge on any atom is 0.0763 e. The van der Waals surface area contributed by atoms with E-state index in [1.807, 2.05) is 34.9 Å². The highest BCUT2D eigenvalue weighted by Crippen LogP contribution is 2.06. The highest BCUT2D eigenvalue weighted by Gasteiger charge is 2.15. The monoisotopic (exact) mass is 155 g/mol. The molecule has 0 bridgehead atoms. The van der Waals surface area contributed by atoms with Gasteiger partial charge in [-0.1, -0.05) is 19.8 Å². The Hall–Kier alpha value is -0.480. The minimum atomic E-state index is 0.0226. The van der Waals surface area contributed by atoms with E-state index in [1.54, 1.807) is 0 Å². The van der Waals surface area contributed by atoms with Crippen LogP contribution >= 0.6 is 0 Å². The van der Waals surface area contributed by atoms with Crippen molar-refractivity contribution in [3.05, 3.63) is 0 Å². The summed E-state index contributed by atoms with van der Waals surface area (Å²) in [4.78, 5) is 2.10. The SMILES string of the molecule is CC.CC#CC(C)(C)N(C)C. The largest absolute Gasteiger partial charge is 0.294 e. The van der Waals surface area contributed by atoms with E-state index < -0.39 is 0 Å². The molecule has 1 nitrogen and oxygen atoms in total. The first kappa shape index (κ1) is 13.1. The molecule has 0 saturated carbocycles. The van der Waals surface area contributed by atoms with Crippen molar-refractivity contribution in [2.45, 2.75) is 40.2 Å². The Bertz CT molecular complexity index is 135. The van der Waals surface area contributed by atoms with Crippen LogP contribution in [0.25, 0.3) is 0 Å². The average molecular weight is 155 g/mol. The third-order valence-corrected chi connectivity index (χ3v) is 1.55. The third kappa shape index (κ3) is 5.94. The Labute approximate surface area is 71.8 Å². The van der Waals surface area contributed by atoms with Crippen LogP contribution in [0.15, 0.2) is 0 Å². The van der Waals surface area contributed by atoms with Crippen molar-refractivity contribution in [1.29, 1.82) is 0 Å². The summed E-state index contributed by atoms with van der Waals surface area (Å²) in [5.74, 6) is 5.99. The van der Waals surface area contributed by atoms with Crippen molar-refractivity contribution in [3.8, 4) is 11.8 Å². The molecular formula is C10H21N. The smallest absolute Gasteiger partial charge is 0.0763 e. The second-order valence-electron chi connectivity index (χ2n) is 2.83. The highest BCUT2D eigenvalue weighted by atomic mass is 15.1. The fourth-order valence-corrected chi connectivity index (χ4v) is 0.418. The summed E-state index contributed by atoms with van der Waals surface area (Å²) in [5.41, 5.74) is 0.0226. The van der Waals surface area contributed by atoms with Crippen molar-refractivity contribution < 1.29 is 0 Å². The lowest BCUT2D eigenvalue weighted by atomic mass is 10.1. The molecule has 0 aromatic carbocycles. The molecule has 0 spiro atoms. The molecule has 0 aromatic heterocycles. The van der Waals surface area contributed by atoms with Crippen molar-refractivity contribution in [3.63, 3.8) is 0 Å². The van der Waals surface area contributed by atoms with Crippen molar-refractivity contribution in [1.82, 2.24) is 4.90 Å². The van der Waals surface area contributed by atoms with Crippen LogP contribution in [-0.2, 0) is 0 Å². The van der Waals surface area contributed by atoms with E-state index in [9.17, 15) is 0 Å². The minimum Gasteiger partial charge on any atom is -0.294 e. The van der Waals surface area contributed by atoms with Crippen molar-refractivity contribution in [2.24, 2.45) is 0 Å². The number of nitrogens with zero attached hydrogens (tertiary/aromatic N) is 1. The maximum absolute atomic E-state index is 3.10. The number of rotatable bonds is 1. The molecule has 0 radical (unpaired) electrons. The first-order valence-electron chi connectivity index (χ1n) is 4.12.